The minimum atomic E-state index is -0.562. The van der Waals surface area contributed by atoms with Crippen molar-refractivity contribution >= 4 is 58.4 Å². The number of anilines is 1. The zero-order valence-corrected chi connectivity index (χ0v) is 19.2. The summed E-state index contributed by atoms with van der Waals surface area (Å²) >= 11 is 12.0. The van der Waals surface area contributed by atoms with Gasteiger partial charge < -0.3 is 15.6 Å². The molecule has 4 rings (SSSR count). The van der Waals surface area contributed by atoms with Crippen molar-refractivity contribution in [3.8, 4) is 0 Å². The van der Waals surface area contributed by atoms with Crippen LogP contribution in [-0.2, 0) is 6.54 Å². The summed E-state index contributed by atoms with van der Waals surface area (Å²) in [6.07, 6.45) is 6.71. The van der Waals surface area contributed by atoms with Gasteiger partial charge in [0.1, 0.15) is 0 Å². The zero-order valence-electron chi connectivity index (χ0n) is 16.9. The van der Waals surface area contributed by atoms with Gasteiger partial charge in [0.25, 0.3) is 0 Å². The Morgan fingerprint density at radius 3 is 2.45 bits per heavy atom. The summed E-state index contributed by atoms with van der Waals surface area (Å²) in [5.74, 6) is 0.787. The number of rotatable bonds is 5. The number of benzene rings is 2. The van der Waals surface area contributed by atoms with Crippen molar-refractivity contribution in [1.82, 2.24) is 14.9 Å². The van der Waals surface area contributed by atoms with E-state index in [1.54, 1.807) is 0 Å². The summed E-state index contributed by atoms with van der Waals surface area (Å²) < 4.78 is 1.01. The second kappa shape index (κ2) is 10.6. The average molecular weight is 484 g/mol. The lowest BCUT2D eigenvalue weighted by Gasteiger charge is -2.21. The van der Waals surface area contributed by atoms with Gasteiger partial charge in [-0.2, -0.15) is 0 Å². The van der Waals surface area contributed by atoms with Gasteiger partial charge >= 0.3 is 11.7 Å². The molecule has 0 radical (unpaired) electrons. The molecule has 0 bridgehead atoms. The highest BCUT2D eigenvalue weighted by Gasteiger charge is 2.16. The quantitative estimate of drug-likeness (QED) is 0.428. The summed E-state index contributed by atoms with van der Waals surface area (Å²) in [6.45, 7) is 1.85. The van der Waals surface area contributed by atoms with Crippen molar-refractivity contribution in [3.05, 3.63) is 62.5 Å². The number of hydrogen-bond acceptors (Lipinski definition) is 3. The standard InChI is InChI=1S/C22H24Cl2N4O2.ClH/c23-17-10-19-20(11-18(17)24)28(22(30)27-19)21(29)26-16-8-6-15(7-9-16)13-25-12-14-4-2-1-3-5-14;/h6-11,14,25H,1-5,12-13H2,(H,26,29)(H,27,30);1H. The van der Waals surface area contributed by atoms with Crippen LogP contribution in [0.3, 0.4) is 0 Å². The molecule has 9 heteroatoms. The average Bonchev–Trinajstić information content (AvgIpc) is 3.05. The molecule has 1 fully saturated rings. The molecule has 1 heterocycles. The van der Waals surface area contributed by atoms with Gasteiger partial charge in [0.15, 0.2) is 0 Å². The van der Waals surface area contributed by atoms with E-state index in [4.69, 9.17) is 23.2 Å². The lowest BCUT2D eigenvalue weighted by molar-refractivity contribution is 0.253. The number of imidazole rings is 1. The van der Waals surface area contributed by atoms with Crippen LogP contribution in [0.5, 0.6) is 0 Å². The lowest BCUT2D eigenvalue weighted by Crippen LogP contribution is -2.29. The van der Waals surface area contributed by atoms with Crippen molar-refractivity contribution < 1.29 is 4.79 Å². The molecule has 31 heavy (non-hydrogen) atoms. The summed E-state index contributed by atoms with van der Waals surface area (Å²) in [5.41, 5.74) is 2.02. The third-order valence-electron chi connectivity index (χ3n) is 5.62. The minimum Gasteiger partial charge on any atom is -0.312 e. The number of aromatic amines is 1. The molecule has 0 aliphatic heterocycles. The molecule has 1 aliphatic carbocycles. The van der Waals surface area contributed by atoms with E-state index in [9.17, 15) is 9.59 Å². The van der Waals surface area contributed by atoms with Gasteiger partial charge in [0, 0.05) is 12.2 Å². The summed E-state index contributed by atoms with van der Waals surface area (Å²) in [5, 5.41) is 6.87. The van der Waals surface area contributed by atoms with Crippen molar-refractivity contribution in [1.29, 1.82) is 0 Å². The first kappa shape index (κ1) is 23.7. The Labute approximate surface area is 196 Å². The fourth-order valence-corrected chi connectivity index (χ4v) is 4.32. The van der Waals surface area contributed by atoms with Crippen LogP contribution in [0.15, 0.2) is 41.2 Å². The highest BCUT2D eigenvalue weighted by molar-refractivity contribution is 6.42. The molecular weight excluding hydrogens is 459 g/mol. The second-order valence-corrected chi connectivity index (χ2v) is 8.63. The van der Waals surface area contributed by atoms with Crippen molar-refractivity contribution in [2.45, 2.75) is 38.6 Å². The normalized spacial score (nSPS) is 14.4. The fraction of sp³-hybridized carbons (Fsp3) is 0.364. The van der Waals surface area contributed by atoms with Gasteiger partial charge in [0.2, 0.25) is 0 Å². The Morgan fingerprint density at radius 2 is 1.74 bits per heavy atom. The summed E-state index contributed by atoms with van der Waals surface area (Å²) in [6, 6.07) is 10.1. The largest absolute Gasteiger partial charge is 0.334 e. The predicted octanol–water partition coefficient (Wildman–Crippen LogP) is 5.81. The molecule has 0 saturated heterocycles. The lowest BCUT2D eigenvalue weighted by atomic mass is 9.89. The van der Waals surface area contributed by atoms with E-state index in [-0.39, 0.29) is 17.4 Å². The molecule has 3 N–H and O–H groups in total. The Bertz CT molecular complexity index is 1100. The molecule has 2 aromatic carbocycles. The Morgan fingerprint density at radius 1 is 1.06 bits per heavy atom. The van der Waals surface area contributed by atoms with E-state index in [1.807, 2.05) is 24.3 Å². The van der Waals surface area contributed by atoms with Crippen LogP contribution >= 0.6 is 35.6 Å². The highest BCUT2D eigenvalue weighted by atomic mass is 35.5. The van der Waals surface area contributed by atoms with Crippen molar-refractivity contribution in [3.63, 3.8) is 0 Å². The molecule has 166 valence electrons. The number of nitrogens with zero attached hydrogens (tertiary/aromatic N) is 1. The van der Waals surface area contributed by atoms with Crippen LogP contribution in [-0.4, -0.2) is 22.1 Å². The molecule has 1 saturated carbocycles. The minimum absolute atomic E-state index is 0. The Kier molecular flexibility index (Phi) is 8.06. The first-order valence-corrected chi connectivity index (χ1v) is 11.0. The monoisotopic (exact) mass is 482 g/mol. The number of fused-ring (bicyclic) bond motifs is 1. The first-order valence-electron chi connectivity index (χ1n) is 10.2. The van der Waals surface area contributed by atoms with Crippen LogP contribution < -0.4 is 16.3 Å². The Hall–Kier alpha value is -1.99. The van der Waals surface area contributed by atoms with Crippen LogP contribution in [0.2, 0.25) is 10.0 Å². The van der Waals surface area contributed by atoms with Crippen LogP contribution in [0.25, 0.3) is 11.0 Å². The van der Waals surface area contributed by atoms with E-state index in [1.165, 1.54) is 44.2 Å². The number of aromatic nitrogens is 2. The van der Waals surface area contributed by atoms with Crippen LogP contribution in [0, 0.1) is 5.92 Å². The molecule has 0 atom stereocenters. The molecule has 3 aromatic rings. The molecular formula is C22H25Cl3N4O2. The maximum absolute atomic E-state index is 12.7. The van der Waals surface area contributed by atoms with Crippen molar-refractivity contribution in [2.75, 3.05) is 11.9 Å². The number of amides is 1. The summed E-state index contributed by atoms with van der Waals surface area (Å²) in [7, 11) is 0. The van der Waals surface area contributed by atoms with Gasteiger partial charge in [-0.25, -0.2) is 14.2 Å². The van der Waals surface area contributed by atoms with Crippen LogP contribution in [0.4, 0.5) is 10.5 Å². The third-order valence-corrected chi connectivity index (χ3v) is 6.34. The van der Waals surface area contributed by atoms with E-state index in [0.717, 1.165) is 29.1 Å². The number of hydrogen-bond donors (Lipinski definition) is 3. The number of nitrogens with one attached hydrogen (secondary N) is 3. The molecule has 1 amide bonds. The van der Waals surface area contributed by atoms with Gasteiger partial charge in [-0.3, -0.25) is 0 Å². The summed E-state index contributed by atoms with van der Waals surface area (Å²) in [4.78, 5) is 27.5. The van der Waals surface area contributed by atoms with E-state index in [2.05, 4.69) is 15.6 Å². The van der Waals surface area contributed by atoms with Gasteiger partial charge in [-0.1, -0.05) is 54.6 Å². The number of carbonyl (C=O) groups excluding carboxylic acids is 1. The molecule has 1 aliphatic rings. The zero-order chi connectivity index (χ0) is 21.1. The van der Waals surface area contributed by atoms with E-state index >= 15 is 0 Å². The van der Waals surface area contributed by atoms with E-state index < -0.39 is 11.7 Å². The molecule has 0 spiro atoms. The number of halogens is 3. The van der Waals surface area contributed by atoms with Gasteiger partial charge in [0.05, 0.1) is 21.1 Å². The predicted molar refractivity (Wildman–Crippen MR) is 129 cm³/mol. The molecule has 0 unspecified atom stereocenters. The van der Waals surface area contributed by atoms with Crippen molar-refractivity contribution in [2.24, 2.45) is 5.92 Å². The second-order valence-electron chi connectivity index (χ2n) is 7.81. The number of H-pyrrole nitrogens is 1. The highest BCUT2D eigenvalue weighted by Crippen LogP contribution is 2.26. The maximum Gasteiger partial charge on any atom is 0.334 e. The smallest absolute Gasteiger partial charge is 0.312 e. The maximum atomic E-state index is 12.7. The van der Waals surface area contributed by atoms with Gasteiger partial charge in [-0.05, 0) is 55.1 Å². The number of carbonyl (C=O) groups is 1. The topological polar surface area (TPSA) is 78.9 Å². The van der Waals surface area contributed by atoms with Gasteiger partial charge in [-0.15, -0.1) is 12.4 Å². The fourth-order valence-electron chi connectivity index (χ4n) is 4.00. The Balaban J connectivity index is 0.00000272. The molecule has 6 nitrogen and oxygen atoms in total. The molecule has 1 aromatic heterocycles. The SMILES string of the molecule is Cl.O=C(Nc1ccc(CNCC2CCCCC2)cc1)n1c(=O)[nH]c2cc(Cl)c(Cl)cc21. The van der Waals surface area contributed by atoms with E-state index in [0.29, 0.717) is 21.7 Å². The first-order chi connectivity index (χ1) is 14.5. The third kappa shape index (κ3) is 5.63. The van der Waals surface area contributed by atoms with Crippen LogP contribution in [0.1, 0.15) is 37.7 Å².